The summed E-state index contributed by atoms with van der Waals surface area (Å²) in [5.74, 6) is 0. The van der Waals surface area contributed by atoms with Crippen molar-refractivity contribution >= 4 is 16.9 Å². The summed E-state index contributed by atoms with van der Waals surface area (Å²) in [6, 6.07) is 30.6. The lowest BCUT2D eigenvalue weighted by Gasteiger charge is -2.33. The lowest BCUT2D eigenvalue weighted by molar-refractivity contribution is -0.109. The zero-order valence-electron chi connectivity index (χ0n) is 39.3. The summed E-state index contributed by atoms with van der Waals surface area (Å²) in [5.41, 5.74) is 12.5. The fraction of sp³-hybridized carbons (Fsp3) is 0.482. The molecule has 0 radical (unpaired) electrons. The molecule has 4 aromatic carbocycles. The van der Waals surface area contributed by atoms with Crippen LogP contribution in [0.2, 0.25) is 0 Å². The van der Waals surface area contributed by atoms with Crippen molar-refractivity contribution in [3.8, 4) is 45.0 Å². The minimum Gasteiger partial charge on any atom is -0.287 e. The van der Waals surface area contributed by atoms with E-state index in [1.807, 2.05) is 39.8 Å². The van der Waals surface area contributed by atoms with Crippen LogP contribution in [-0.2, 0) is 10.2 Å². The van der Waals surface area contributed by atoms with Crippen LogP contribution in [0, 0.1) is 6.92 Å². The number of carbonyl (C=O) groups excluding carboxylic acids is 1. The molecule has 0 unspecified atom stereocenters. The number of hydrogen-bond acceptors (Lipinski definition) is 6. The minimum atomic E-state index is -0.134. The average molecular weight is 877 g/mol. The second-order valence-corrected chi connectivity index (χ2v) is 19.7. The van der Waals surface area contributed by atoms with Crippen LogP contribution in [0.15, 0.2) is 102 Å². The van der Waals surface area contributed by atoms with E-state index in [0.29, 0.717) is 0 Å². The Kier molecular flexibility index (Phi) is 17.6. The van der Waals surface area contributed by atoms with Crippen molar-refractivity contribution in [3.63, 3.8) is 0 Å². The number of fused-ring (bicyclic) bond motifs is 3. The first-order valence-corrected chi connectivity index (χ1v) is 25.7. The van der Waals surface area contributed by atoms with Crippen LogP contribution >= 0.6 is 11.8 Å². The van der Waals surface area contributed by atoms with Crippen molar-refractivity contribution in [1.29, 1.82) is 0 Å². The maximum absolute atomic E-state index is 11.7. The van der Waals surface area contributed by atoms with Crippen molar-refractivity contribution in [2.45, 2.75) is 179 Å². The lowest BCUT2D eigenvalue weighted by atomic mass is 9.70. The SMILES string of the molecule is CCCCCCCCCCCCC1(CCCCCCCCCCCC)c2cc(-n3cc(-c4ccc(C)cc4)nn3)ccc2-c2ccc(-n3cc(-c4ccc(SC(C)=O)cc4)nn3)cc21. The Labute approximate surface area is 388 Å². The number of hydrogen-bond donors (Lipinski definition) is 0. The molecule has 7 nitrogen and oxygen atoms in total. The molecule has 0 N–H and O–H groups in total. The van der Waals surface area contributed by atoms with E-state index in [4.69, 9.17) is 5.21 Å². The van der Waals surface area contributed by atoms with E-state index in [0.717, 1.165) is 51.6 Å². The molecule has 8 heteroatoms. The first-order valence-electron chi connectivity index (χ1n) is 24.9. The van der Waals surface area contributed by atoms with Gasteiger partial charge in [0.25, 0.3) is 0 Å². The maximum atomic E-state index is 11.7. The summed E-state index contributed by atoms with van der Waals surface area (Å²) in [7, 11) is 0. The van der Waals surface area contributed by atoms with Crippen LogP contribution in [0.5, 0.6) is 0 Å². The van der Waals surface area contributed by atoms with Gasteiger partial charge in [0.1, 0.15) is 11.4 Å². The van der Waals surface area contributed by atoms with Crippen molar-refractivity contribution in [3.05, 3.63) is 114 Å². The molecule has 0 aliphatic heterocycles. The molecule has 0 amide bonds. The third-order valence-electron chi connectivity index (χ3n) is 13.5. The van der Waals surface area contributed by atoms with Gasteiger partial charge in [-0.1, -0.05) is 219 Å². The van der Waals surface area contributed by atoms with E-state index in [1.165, 1.54) is 168 Å². The lowest BCUT2D eigenvalue weighted by Crippen LogP contribution is -2.26. The first-order chi connectivity index (χ1) is 31.4. The summed E-state index contributed by atoms with van der Waals surface area (Å²) in [6.07, 6.45) is 32.9. The summed E-state index contributed by atoms with van der Waals surface area (Å²) in [5, 5.41) is 18.7. The van der Waals surface area contributed by atoms with Gasteiger partial charge < -0.3 is 0 Å². The third kappa shape index (κ3) is 12.3. The molecule has 0 fully saturated rings. The van der Waals surface area contributed by atoms with Gasteiger partial charge in [0.15, 0.2) is 5.12 Å². The molecular formula is C56H72N6OS. The van der Waals surface area contributed by atoms with Crippen molar-refractivity contribution in [2.75, 3.05) is 0 Å². The third-order valence-corrected chi connectivity index (χ3v) is 14.3. The summed E-state index contributed by atoms with van der Waals surface area (Å²) in [6.45, 7) is 8.31. The Morgan fingerprint density at radius 3 is 1.31 bits per heavy atom. The number of nitrogens with zero attached hydrogens (tertiary/aromatic N) is 6. The van der Waals surface area contributed by atoms with E-state index >= 15 is 0 Å². The zero-order valence-corrected chi connectivity index (χ0v) is 40.1. The van der Waals surface area contributed by atoms with Crippen molar-refractivity contribution < 1.29 is 4.79 Å². The summed E-state index contributed by atoms with van der Waals surface area (Å²) >= 11 is 1.25. The smallest absolute Gasteiger partial charge is 0.190 e. The highest BCUT2D eigenvalue weighted by Gasteiger charge is 2.43. The highest BCUT2D eigenvalue weighted by molar-refractivity contribution is 8.13. The van der Waals surface area contributed by atoms with Crippen molar-refractivity contribution in [1.82, 2.24) is 30.0 Å². The number of aromatic nitrogens is 6. The van der Waals surface area contributed by atoms with Gasteiger partial charge >= 0.3 is 0 Å². The van der Waals surface area contributed by atoms with Crippen LogP contribution in [0.4, 0.5) is 0 Å². The van der Waals surface area contributed by atoms with E-state index < -0.39 is 0 Å². The van der Waals surface area contributed by atoms with Crippen molar-refractivity contribution in [2.24, 2.45) is 0 Å². The largest absolute Gasteiger partial charge is 0.287 e. The van der Waals surface area contributed by atoms with Crippen LogP contribution < -0.4 is 0 Å². The van der Waals surface area contributed by atoms with Crippen LogP contribution in [0.25, 0.3) is 45.0 Å². The second kappa shape index (κ2) is 23.9. The Bertz CT molecular complexity index is 2340. The monoisotopic (exact) mass is 877 g/mol. The Morgan fingerprint density at radius 1 is 0.516 bits per heavy atom. The molecule has 2 aromatic heterocycles. The molecule has 64 heavy (non-hydrogen) atoms. The molecule has 2 heterocycles. The van der Waals surface area contributed by atoms with Gasteiger partial charge in [0, 0.05) is 28.4 Å². The molecule has 7 rings (SSSR count). The highest BCUT2D eigenvalue weighted by Crippen LogP contribution is 2.55. The molecule has 6 aromatic rings. The van der Waals surface area contributed by atoms with Crippen LogP contribution in [0.1, 0.15) is 179 Å². The number of aryl methyl sites for hydroxylation is 1. The van der Waals surface area contributed by atoms with E-state index in [9.17, 15) is 4.79 Å². The highest BCUT2D eigenvalue weighted by atomic mass is 32.2. The standard InChI is InChI=1S/C56H72N6OS/c1-5-7-9-11-13-15-17-19-21-23-37-56(38-24-22-20-18-16-14-12-10-8-6-2)52-39-47(61-41-54(57-59-61)45-27-25-43(3)26-28-45)31-35-50(52)51-36-32-48(40-53(51)56)62-42-55(58-60-62)46-29-33-49(34-30-46)64-44(4)63/h25-36,39-42H,5-24,37-38H2,1-4H3. The maximum Gasteiger partial charge on any atom is 0.190 e. The molecule has 0 saturated heterocycles. The van der Waals surface area contributed by atoms with E-state index in [1.54, 1.807) is 6.92 Å². The predicted molar refractivity (Wildman–Crippen MR) is 268 cm³/mol. The molecule has 1 aliphatic carbocycles. The number of thioether (sulfide) groups is 1. The number of unbranched alkanes of at least 4 members (excludes halogenated alkanes) is 18. The molecular weight excluding hydrogens is 805 g/mol. The van der Waals surface area contributed by atoms with E-state index in [-0.39, 0.29) is 10.5 Å². The molecule has 0 bridgehead atoms. The number of benzene rings is 4. The Morgan fingerprint density at radius 2 is 0.906 bits per heavy atom. The van der Waals surface area contributed by atoms with Gasteiger partial charge in [-0.3, -0.25) is 4.79 Å². The molecule has 0 atom stereocenters. The molecule has 0 saturated carbocycles. The fourth-order valence-corrected chi connectivity index (χ4v) is 10.5. The summed E-state index contributed by atoms with van der Waals surface area (Å²) < 4.78 is 3.91. The normalized spacial score (nSPS) is 12.8. The Balaban J connectivity index is 1.18. The van der Waals surface area contributed by atoms with Gasteiger partial charge in [-0.25, -0.2) is 9.36 Å². The molecule has 1 aliphatic rings. The fourth-order valence-electron chi connectivity index (χ4n) is 9.88. The topological polar surface area (TPSA) is 78.5 Å². The van der Waals surface area contributed by atoms with Gasteiger partial charge in [-0.05, 0) is 78.4 Å². The summed E-state index contributed by atoms with van der Waals surface area (Å²) in [4.78, 5) is 12.6. The quantitative estimate of drug-likeness (QED) is 0.0379. The van der Waals surface area contributed by atoms with Gasteiger partial charge in [0.05, 0.1) is 23.8 Å². The average Bonchev–Trinajstić information content (AvgIpc) is 4.06. The van der Waals surface area contributed by atoms with Crippen LogP contribution in [0.3, 0.4) is 0 Å². The van der Waals surface area contributed by atoms with Crippen LogP contribution in [-0.4, -0.2) is 35.1 Å². The van der Waals surface area contributed by atoms with Gasteiger partial charge in [-0.2, -0.15) is 0 Å². The minimum absolute atomic E-state index is 0.0803. The van der Waals surface area contributed by atoms with Gasteiger partial charge in [0.2, 0.25) is 0 Å². The Hall–Kier alpha value is -4.82. The zero-order chi connectivity index (χ0) is 44.6. The predicted octanol–water partition coefficient (Wildman–Crippen LogP) is 16.0. The first kappa shape index (κ1) is 47.2. The van der Waals surface area contributed by atoms with Gasteiger partial charge in [-0.15, -0.1) is 10.2 Å². The number of carbonyl (C=O) groups is 1. The molecule has 338 valence electrons. The second-order valence-electron chi connectivity index (χ2n) is 18.5. The molecule has 0 spiro atoms. The number of rotatable bonds is 27. The van der Waals surface area contributed by atoms with E-state index in [2.05, 4.69) is 103 Å².